The zero-order valence-electron chi connectivity index (χ0n) is 10.2. The highest BCUT2D eigenvalue weighted by Crippen LogP contribution is 2.36. The summed E-state index contributed by atoms with van der Waals surface area (Å²) >= 11 is 0. The van der Waals surface area contributed by atoms with Crippen molar-refractivity contribution in [2.75, 3.05) is 5.32 Å². The predicted octanol–water partition coefficient (Wildman–Crippen LogP) is 3.84. The van der Waals surface area contributed by atoms with Crippen LogP contribution in [0.5, 0.6) is 0 Å². The van der Waals surface area contributed by atoms with Crippen LogP contribution in [-0.4, -0.2) is 11.0 Å². The zero-order valence-corrected chi connectivity index (χ0v) is 10.2. The molecule has 0 radical (unpaired) electrons. The zero-order chi connectivity index (χ0) is 11.7. The van der Waals surface area contributed by atoms with Gasteiger partial charge in [-0.3, -0.25) is 4.98 Å². The molecule has 1 saturated carbocycles. The molecule has 1 unspecified atom stereocenters. The number of benzene rings is 1. The second kappa shape index (κ2) is 4.36. The van der Waals surface area contributed by atoms with E-state index in [1.807, 2.05) is 12.3 Å². The SMILES string of the molecule is CCC(Nc1cccc2cccnc12)C1CC1. The molecule has 1 aliphatic rings. The topological polar surface area (TPSA) is 24.9 Å². The van der Waals surface area contributed by atoms with Crippen LogP contribution >= 0.6 is 0 Å². The van der Waals surface area contributed by atoms with Gasteiger partial charge in [0.1, 0.15) is 0 Å². The summed E-state index contributed by atoms with van der Waals surface area (Å²) < 4.78 is 0. The number of nitrogens with zero attached hydrogens (tertiary/aromatic N) is 1. The highest BCUT2D eigenvalue weighted by atomic mass is 14.9. The number of anilines is 1. The van der Waals surface area contributed by atoms with Crippen molar-refractivity contribution in [2.45, 2.75) is 32.2 Å². The van der Waals surface area contributed by atoms with Gasteiger partial charge in [0.25, 0.3) is 0 Å². The van der Waals surface area contributed by atoms with E-state index in [2.05, 4.69) is 41.5 Å². The highest BCUT2D eigenvalue weighted by Gasteiger charge is 2.30. The summed E-state index contributed by atoms with van der Waals surface area (Å²) in [7, 11) is 0. The maximum Gasteiger partial charge on any atom is 0.0933 e. The molecule has 1 N–H and O–H groups in total. The van der Waals surface area contributed by atoms with Crippen molar-refractivity contribution in [2.24, 2.45) is 5.92 Å². The van der Waals surface area contributed by atoms with Crippen LogP contribution in [-0.2, 0) is 0 Å². The lowest BCUT2D eigenvalue weighted by Gasteiger charge is -2.18. The first kappa shape index (κ1) is 10.6. The lowest BCUT2D eigenvalue weighted by Crippen LogP contribution is -2.20. The summed E-state index contributed by atoms with van der Waals surface area (Å²) in [6, 6.07) is 11.1. The molecule has 2 nitrogen and oxygen atoms in total. The number of hydrogen-bond donors (Lipinski definition) is 1. The van der Waals surface area contributed by atoms with E-state index in [0.29, 0.717) is 6.04 Å². The van der Waals surface area contributed by atoms with E-state index < -0.39 is 0 Å². The van der Waals surface area contributed by atoms with Gasteiger partial charge in [-0.25, -0.2) is 0 Å². The summed E-state index contributed by atoms with van der Waals surface area (Å²) in [6.45, 7) is 2.26. The molecule has 1 aromatic heterocycles. The highest BCUT2D eigenvalue weighted by molar-refractivity contribution is 5.90. The summed E-state index contributed by atoms with van der Waals surface area (Å²) in [5, 5.41) is 4.88. The molecule has 88 valence electrons. The maximum absolute atomic E-state index is 4.49. The van der Waals surface area contributed by atoms with Crippen LogP contribution in [0.4, 0.5) is 5.69 Å². The van der Waals surface area contributed by atoms with Gasteiger partial charge in [-0.15, -0.1) is 0 Å². The lowest BCUT2D eigenvalue weighted by molar-refractivity contribution is 0.617. The van der Waals surface area contributed by atoms with Crippen molar-refractivity contribution in [3.8, 4) is 0 Å². The Morgan fingerprint density at radius 2 is 2.12 bits per heavy atom. The maximum atomic E-state index is 4.49. The van der Waals surface area contributed by atoms with Gasteiger partial charge in [0.05, 0.1) is 11.2 Å². The molecule has 2 aromatic rings. The number of nitrogens with one attached hydrogen (secondary N) is 1. The van der Waals surface area contributed by atoms with Gasteiger partial charge >= 0.3 is 0 Å². The lowest BCUT2D eigenvalue weighted by atomic mass is 10.1. The minimum Gasteiger partial charge on any atom is -0.380 e. The summed E-state index contributed by atoms with van der Waals surface area (Å²) in [4.78, 5) is 4.49. The Morgan fingerprint density at radius 3 is 2.88 bits per heavy atom. The molecule has 1 fully saturated rings. The van der Waals surface area contributed by atoms with Gasteiger partial charge in [0, 0.05) is 17.6 Å². The Morgan fingerprint density at radius 1 is 1.29 bits per heavy atom. The molecular weight excluding hydrogens is 208 g/mol. The van der Waals surface area contributed by atoms with Gasteiger partial charge in [0.15, 0.2) is 0 Å². The molecule has 1 atom stereocenters. The van der Waals surface area contributed by atoms with Crippen LogP contribution in [0.1, 0.15) is 26.2 Å². The van der Waals surface area contributed by atoms with Crippen molar-refractivity contribution in [1.82, 2.24) is 4.98 Å². The van der Waals surface area contributed by atoms with Crippen LogP contribution in [0.2, 0.25) is 0 Å². The van der Waals surface area contributed by atoms with Gasteiger partial charge in [-0.1, -0.05) is 25.1 Å². The molecule has 0 amide bonds. The van der Waals surface area contributed by atoms with E-state index in [4.69, 9.17) is 0 Å². The predicted molar refractivity (Wildman–Crippen MR) is 72.2 cm³/mol. The molecule has 0 saturated heterocycles. The second-order valence-corrected chi connectivity index (χ2v) is 4.88. The third kappa shape index (κ3) is 2.12. The number of hydrogen-bond acceptors (Lipinski definition) is 2. The van der Waals surface area contributed by atoms with Crippen LogP contribution in [0.25, 0.3) is 10.9 Å². The van der Waals surface area contributed by atoms with Crippen LogP contribution in [0, 0.1) is 5.92 Å². The Balaban J connectivity index is 1.93. The summed E-state index contributed by atoms with van der Waals surface area (Å²) in [5.74, 6) is 0.874. The fourth-order valence-corrected chi connectivity index (χ4v) is 2.47. The first-order valence-corrected chi connectivity index (χ1v) is 6.49. The number of rotatable bonds is 4. The van der Waals surface area contributed by atoms with Crippen molar-refractivity contribution in [1.29, 1.82) is 0 Å². The molecule has 0 bridgehead atoms. The van der Waals surface area contributed by atoms with Gasteiger partial charge in [0.2, 0.25) is 0 Å². The molecule has 1 heterocycles. The summed E-state index contributed by atoms with van der Waals surface area (Å²) in [6.07, 6.45) is 5.81. The Bertz CT molecular complexity index is 512. The van der Waals surface area contributed by atoms with Gasteiger partial charge in [-0.2, -0.15) is 0 Å². The second-order valence-electron chi connectivity index (χ2n) is 4.88. The van der Waals surface area contributed by atoms with E-state index >= 15 is 0 Å². The van der Waals surface area contributed by atoms with Crippen LogP contribution < -0.4 is 5.32 Å². The molecule has 1 aromatic carbocycles. The Hall–Kier alpha value is -1.57. The summed E-state index contributed by atoms with van der Waals surface area (Å²) in [5.41, 5.74) is 2.27. The number of para-hydroxylation sites is 1. The molecule has 0 aliphatic heterocycles. The normalized spacial score (nSPS) is 17.0. The van der Waals surface area contributed by atoms with Crippen LogP contribution in [0.15, 0.2) is 36.5 Å². The van der Waals surface area contributed by atoms with Gasteiger partial charge in [-0.05, 0) is 37.3 Å². The van der Waals surface area contributed by atoms with E-state index in [0.717, 1.165) is 11.4 Å². The van der Waals surface area contributed by atoms with E-state index in [-0.39, 0.29) is 0 Å². The standard InChI is InChI=1S/C15H18N2/c1-2-13(11-8-9-11)17-14-7-3-5-12-6-4-10-16-15(12)14/h3-7,10-11,13,17H,2,8-9H2,1H3. The first-order chi connectivity index (χ1) is 8.38. The van der Waals surface area contributed by atoms with Crippen molar-refractivity contribution in [3.63, 3.8) is 0 Å². The van der Waals surface area contributed by atoms with Crippen molar-refractivity contribution >= 4 is 16.6 Å². The third-order valence-electron chi connectivity index (χ3n) is 3.60. The largest absolute Gasteiger partial charge is 0.380 e. The fraction of sp³-hybridized carbons (Fsp3) is 0.400. The third-order valence-corrected chi connectivity index (χ3v) is 3.60. The molecule has 1 aliphatic carbocycles. The average Bonchev–Trinajstić information content (AvgIpc) is 3.20. The number of aromatic nitrogens is 1. The molecule has 2 heteroatoms. The van der Waals surface area contributed by atoms with Crippen molar-refractivity contribution in [3.05, 3.63) is 36.5 Å². The molecular formula is C15H18N2. The number of pyridine rings is 1. The number of fused-ring (bicyclic) bond motifs is 1. The fourth-order valence-electron chi connectivity index (χ4n) is 2.47. The minimum atomic E-state index is 0.614. The molecule has 17 heavy (non-hydrogen) atoms. The molecule has 3 rings (SSSR count). The molecule has 0 spiro atoms. The van der Waals surface area contributed by atoms with E-state index in [9.17, 15) is 0 Å². The smallest absolute Gasteiger partial charge is 0.0933 e. The van der Waals surface area contributed by atoms with Crippen LogP contribution in [0.3, 0.4) is 0 Å². The monoisotopic (exact) mass is 226 g/mol. The van der Waals surface area contributed by atoms with E-state index in [1.54, 1.807) is 0 Å². The minimum absolute atomic E-state index is 0.614. The average molecular weight is 226 g/mol. The Kier molecular flexibility index (Phi) is 2.71. The quantitative estimate of drug-likeness (QED) is 0.856. The van der Waals surface area contributed by atoms with Gasteiger partial charge < -0.3 is 5.32 Å². The first-order valence-electron chi connectivity index (χ1n) is 6.49. The Labute approximate surface area is 102 Å². The van der Waals surface area contributed by atoms with E-state index in [1.165, 1.54) is 30.3 Å². The van der Waals surface area contributed by atoms with Crippen molar-refractivity contribution < 1.29 is 0 Å².